The minimum Gasteiger partial charge on any atom is -0.356 e. The lowest BCUT2D eigenvalue weighted by Gasteiger charge is -2.26. The van der Waals surface area contributed by atoms with Crippen molar-refractivity contribution in [3.05, 3.63) is 29.3 Å². The maximum Gasteiger partial charge on any atom is 0.220 e. The Morgan fingerprint density at radius 3 is 2.95 bits per heavy atom. The van der Waals surface area contributed by atoms with E-state index in [4.69, 9.17) is 0 Å². The van der Waals surface area contributed by atoms with Gasteiger partial charge >= 0.3 is 0 Å². The molecule has 2 nitrogen and oxygen atoms in total. The molecule has 1 saturated carbocycles. The molecule has 3 rings (SSSR count). The number of nitrogens with one attached hydrogen (secondary N) is 1. The van der Waals surface area contributed by atoms with Crippen molar-refractivity contribution in [3.8, 4) is 0 Å². The van der Waals surface area contributed by atoms with Crippen LogP contribution in [0, 0.1) is 5.92 Å². The van der Waals surface area contributed by atoms with Crippen LogP contribution in [0.3, 0.4) is 0 Å². The van der Waals surface area contributed by atoms with Crippen LogP contribution in [-0.4, -0.2) is 12.5 Å². The molecule has 0 saturated heterocycles. The van der Waals surface area contributed by atoms with E-state index in [-0.39, 0.29) is 5.91 Å². The van der Waals surface area contributed by atoms with E-state index in [9.17, 15) is 4.79 Å². The topological polar surface area (TPSA) is 29.1 Å². The first kappa shape index (κ1) is 14.0. The molecule has 108 valence electrons. The Morgan fingerprint density at radius 1 is 1.30 bits per heavy atom. The van der Waals surface area contributed by atoms with Gasteiger partial charge in [-0.05, 0) is 73.6 Å². The van der Waals surface area contributed by atoms with Gasteiger partial charge in [0.1, 0.15) is 0 Å². The van der Waals surface area contributed by atoms with Crippen LogP contribution in [0.4, 0.5) is 0 Å². The third kappa shape index (κ3) is 3.57. The van der Waals surface area contributed by atoms with Crippen molar-refractivity contribution in [3.63, 3.8) is 0 Å². The molecule has 1 amide bonds. The van der Waals surface area contributed by atoms with E-state index in [0.717, 1.165) is 24.3 Å². The Labute approximate surface area is 126 Å². The molecule has 1 aromatic carbocycles. The molecule has 1 fully saturated rings. The van der Waals surface area contributed by atoms with Crippen molar-refractivity contribution in [2.75, 3.05) is 6.54 Å². The molecule has 1 atom stereocenters. The summed E-state index contributed by atoms with van der Waals surface area (Å²) in [6.07, 6.45) is 7.97. The Balaban J connectivity index is 1.53. The van der Waals surface area contributed by atoms with Gasteiger partial charge in [0.2, 0.25) is 5.91 Å². The van der Waals surface area contributed by atoms with Gasteiger partial charge in [-0.15, -0.1) is 12.6 Å². The van der Waals surface area contributed by atoms with Gasteiger partial charge in [0, 0.05) is 17.9 Å². The number of thiol groups is 1. The Morgan fingerprint density at radius 2 is 2.15 bits per heavy atom. The average molecular weight is 289 g/mol. The van der Waals surface area contributed by atoms with E-state index < -0.39 is 0 Å². The third-order valence-electron chi connectivity index (χ3n) is 4.55. The summed E-state index contributed by atoms with van der Waals surface area (Å²) in [4.78, 5) is 12.8. The fourth-order valence-electron chi connectivity index (χ4n) is 3.23. The van der Waals surface area contributed by atoms with Gasteiger partial charge in [-0.25, -0.2) is 0 Å². The maximum atomic E-state index is 11.7. The van der Waals surface area contributed by atoms with Crippen LogP contribution in [0.2, 0.25) is 0 Å². The third-order valence-corrected chi connectivity index (χ3v) is 4.83. The average Bonchev–Trinajstić information content (AvgIpc) is 3.23. The molecule has 0 bridgehead atoms. The summed E-state index contributed by atoms with van der Waals surface area (Å²) in [5.74, 6) is 1.51. The zero-order valence-electron chi connectivity index (χ0n) is 11.9. The van der Waals surface area contributed by atoms with Gasteiger partial charge in [-0.2, -0.15) is 0 Å². The zero-order chi connectivity index (χ0) is 13.9. The van der Waals surface area contributed by atoms with Crippen molar-refractivity contribution in [2.45, 2.75) is 55.8 Å². The van der Waals surface area contributed by atoms with Crippen molar-refractivity contribution >= 4 is 18.5 Å². The normalized spacial score (nSPS) is 21.4. The fourth-order valence-corrected chi connectivity index (χ4v) is 3.44. The number of hydrogen-bond acceptors (Lipinski definition) is 2. The Bertz CT molecular complexity index is 496. The molecule has 1 N–H and O–H groups in total. The summed E-state index contributed by atoms with van der Waals surface area (Å²) in [5, 5.41) is 3.09. The van der Waals surface area contributed by atoms with Crippen LogP contribution in [0.1, 0.15) is 55.6 Å². The summed E-state index contributed by atoms with van der Waals surface area (Å²) in [5.41, 5.74) is 2.93. The largest absolute Gasteiger partial charge is 0.356 e. The smallest absolute Gasteiger partial charge is 0.220 e. The zero-order valence-corrected chi connectivity index (χ0v) is 12.8. The molecule has 0 radical (unpaired) electrons. The van der Waals surface area contributed by atoms with E-state index in [0.29, 0.717) is 11.8 Å². The number of fused-ring (bicyclic) bond motifs is 1. The molecular weight excluding hydrogens is 266 g/mol. The summed E-state index contributed by atoms with van der Waals surface area (Å²) in [7, 11) is 0. The number of hydrogen-bond donors (Lipinski definition) is 2. The minimum absolute atomic E-state index is 0.242. The van der Waals surface area contributed by atoms with Crippen LogP contribution in [-0.2, 0) is 11.2 Å². The summed E-state index contributed by atoms with van der Waals surface area (Å²) in [6, 6.07) is 6.52. The number of amides is 1. The maximum absolute atomic E-state index is 11.7. The van der Waals surface area contributed by atoms with Gasteiger partial charge in [-0.3, -0.25) is 4.79 Å². The standard InChI is InChI=1S/C17H23NOS/c19-17(10-12-4-5-12)18-9-8-14-3-1-2-13-6-7-15(20)11-16(13)14/h6-7,11-12,14,20H,1-5,8-10H2,(H,18,19). The number of rotatable bonds is 5. The van der Waals surface area contributed by atoms with Crippen LogP contribution < -0.4 is 5.32 Å². The van der Waals surface area contributed by atoms with Crippen LogP contribution in [0.15, 0.2) is 23.1 Å². The number of aryl methyl sites for hydroxylation is 1. The number of carbonyl (C=O) groups is 1. The van der Waals surface area contributed by atoms with Gasteiger partial charge in [0.25, 0.3) is 0 Å². The molecule has 1 aromatic rings. The highest BCUT2D eigenvalue weighted by Crippen LogP contribution is 2.35. The van der Waals surface area contributed by atoms with E-state index in [1.807, 2.05) is 0 Å². The molecule has 2 aliphatic carbocycles. The quantitative estimate of drug-likeness (QED) is 0.795. The highest BCUT2D eigenvalue weighted by atomic mass is 32.1. The monoisotopic (exact) mass is 289 g/mol. The molecular formula is C17H23NOS. The van der Waals surface area contributed by atoms with Crippen molar-refractivity contribution in [2.24, 2.45) is 5.92 Å². The lowest BCUT2D eigenvalue weighted by atomic mass is 9.81. The highest BCUT2D eigenvalue weighted by molar-refractivity contribution is 7.80. The van der Waals surface area contributed by atoms with Crippen LogP contribution >= 0.6 is 12.6 Å². The second-order valence-electron chi connectivity index (χ2n) is 6.26. The molecule has 0 heterocycles. The van der Waals surface area contributed by atoms with Gasteiger partial charge in [0.05, 0.1) is 0 Å². The molecule has 20 heavy (non-hydrogen) atoms. The predicted molar refractivity (Wildman–Crippen MR) is 84.3 cm³/mol. The second-order valence-corrected chi connectivity index (χ2v) is 6.77. The SMILES string of the molecule is O=C(CC1CC1)NCCC1CCCc2ccc(S)cc21. The Hall–Kier alpha value is -0.960. The molecule has 1 unspecified atom stereocenters. The number of carbonyl (C=O) groups excluding carboxylic acids is 1. The highest BCUT2D eigenvalue weighted by Gasteiger charge is 2.24. The van der Waals surface area contributed by atoms with Gasteiger partial charge < -0.3 is 5.32 Å². The van der Waals surface area contributed by atoms with E-state index in [2.05, 4.69) is 36.1 Å². The lowest BCUT2D eigenvalue weighted by molar-refractivity contribution is -0.121. The molecule has 2 aliphatic rings. The molecule has 0 aliphatic heterocycles. The van der Waals surface area contributed by atoms with Crippen LogP contribution in [0.25, 0.3) is 0 Å². The summed E-state index contributed by atoms with van der Waals surface area (Å²) in [6.45, 7) is 0.812. The number of benzene rings is 1. The van der Waals surface area contributed by atoms with Crippen molar-refractivity contribution < 1.29 is 4.79 Å². The first-order chi connectivity index (χ1) is 9.72. The van der Waals surface area contributed by atoms with Gasteiger partial charge in [0.15, 0.2) is 0 Å². The van der Waals surface area contributed by atoms with Crippen molar-refractivity contribution in [1.82, 2.24) is 5.32 Å². The van der Waals surface area contributed by atoms with Gasteiger partial charge in [-0.1, -0.05) is 6.07 Å². The molecule has 3 heteroatoms. The fraction of sp³-hybridized carbons (Fsp3) is 0.588. The summed E-state index contributed by atoms with van der Waals surface area (Å²) < 4.78 is 0. The predicted octanol–water partition coefficient (Wildman–Crippen LogP) is 3.70. The molecule has 0 spiro atoms. The minimum atomic E-state index is 0.242. The van der Waals surface area contributed by atoms with E-state index >= 15 is 0 Å². The molecule has 0 aromatic heterocycles. The second kappa shape index (κ2) is 6.21. The summed E-state index contributed by atoms with van der Waals surface area (Å²) >= 11 is 4.46. The first-order valence-corrected chi connectivity index (χ1v) is 8.25. The lowest BCUT2D eigenvalue weighted by Crippen LogP contribution is -2.26. The first-order valence-electron chi connectivity index (χ1n) is 7.81. The van der Waals surface area contributed by atoms with Crippen molar-refractivity contribution in [1.29, 1.82) is 0 Å². The van der Waals surface area contributed by atoms with E-state index in [1.54, 1.807) is 0 Å². The van der Waals surface area contributed by atoms with E-state index in [1.165, 1.54) is 43.2 Å². The van der Waals surface area contributed by atoms with Crippen LogP contribution in [0.5, 0.6) is 0 Å². The Kier molecular flexibility index (Phi) is 4.35.